The molecule has 1 aromatic carbocycles. The molecule has 0 aliphatic carbocycles. The second kappa shape index (κ2) is 6.35. The second-order valence-corrected chi connectivity index (χ2v) is 5.39. The monoisotopic (exact) mass is 265 g/mol. The van der Waals surface area contributed by atoms with Crippen LogP contribution in [0.5, 0.6) is 0 Å². The Hall–Kier alpha value is -1.13. The van der Waals surface area contributed by atoms with E-state index in [2.05, 4.69) is 23.8 Å². The number of anilines is 1. The highest BCUT2D eigenvalue weighted by atomic mass is 19.1. The van der Waals surface area contributed by atoms with Crippen LogP contribution in [0.15, 0.2) is 18.2 Å². The van der Waals surface area contributed by atoms with Crippen LogP contribution in [0.2, 0.25) is 0 Å². The largest absolute Gasteiger partial charge is 0.367 e. The first kappa shape index (κ1) is 14.3. The molecule has 1 unspecified atom stereocenters. The minimum atomic E-state index is -0.189. The zero-order valence-electron chi connectivity index (χ0n) is 11.9. The van der Waals surface area contributed by atoms with Gasteiger partial charge in [-0.05, 0) is 50.2 Å². The van der Waals surface area contributed by atoms with Crippen LogP contribution in [0.1, 0.15) is 25.3 Å². The predicted octanol–water partition coefficient (Wildman–Crippen LogP) is 2.20. The van der Waals surface area contributed by atoms with E-state index in [9.17, 15) is 4.39 Å². The van der Waals surface area contributed by atoms with Crippen molar-refractivity contribution in [2.24, 2.45) is 5.73 Å². The summed E-state index contributed by atoms with van der Waals surface area (Å²) in [5.41, 5.74) is 7.48. The lowest BCUT2D eigenvalue weighted by Crippen LogP contribution is -2.39. The SMILES string of the molecule is CCC1CN(C)CCCN1c1cc(F)cc(CN)c1. The highest BCUT2D eigenvalue weighted by molar-refractivity contribution is 5.50. The van der Waals surface area contributed by atoms with Crippen LogP contribution in [0.4, 0.5) is 10.1 Å². The first-order valence-corrected chi connectivity index (χ1v) is 7.08. The Morgan fingerprint density at radius 1 is 1.32 bits per heavy atom. The fraction of sp³-hybridized carbons (Fsp3) is 0.600. The zero-order valence-corrected chi connectivity index (χ0v) is 11.9. The third-order valence-corrected chi connectivity index (χ3v) is 3.88. The minimum absolute atomic E-state index is 0.189. The molecule has 0 bridgehead atoms. The Labute approximate surface area is 115 Å². The molecule has 19 heavy (non-hydrogen) atoms. The van der Waals surface area contributed by atoms with E-state index >= 15 is 0 Å². The smallest absolute Gasteiger partial charge is 0.125 e. The molecule has 4 heteroatoms. The van der Waals surface area contributed by atoms with Crippen molar-refractivity contribution in [2.45, 2.75) is 32.4 Å². The molecule has 0 radical (unpaired) electrons. The Balaban J connectivity index is 2.29. The van der Waals surface area contributed by atoms with Crippen molar-refractivity contribution in [1.82, 2.24) is 4.90 Å². The lowest BCUT2D eigenvalue weighted by molar-refractivity contribution is 0.328. The molecule has 1 atom stereocenters. The van der Waals surface area contributed by atoms with Crippen LogP contribution in [0, 0.1) is 5.82 Å². The topological polar surface area (TPSA) is 32.5 Å². The zero-order chi connectivity index (χ0) is 13.8. The molecular weight excluding hydrogens is 241 g/mol. The van der Waals surface area contributed by atoms with Gasteiger partial charge in [0.05, 0.1) is 0 Å². The number of halogens is 1. The molecule has 0 aromatic heterocycles. The van der Waals surface area contributed by atoms with Gasteiger partial charge in [-0.25, -0.2) is 4.39 Å². The average molecular weight is 265 g/mol. The highest BCUT2D eigenvalue weighted by Crippen LogP contribution is 2.24. The number of hydrogen-bond acceptors (Lipinski definition) is 3. The maximum atomic E-state index is 13.7. The molecule has 0 amide bonds. The first-order chi connectivity index (χ1) is 9.13. The van der Waals surface area contributed by atoms with E-state index in [0.29, 0.717) is 12.6 Å². The fourth-order valence-corrected chi connectivity index (χ4v) is 2.85. The predicted molar refractivity (Wildman–Crippen MR) is 77.8 cm³/mol. The number of likely N-dealkylation sites (N-methyl/N-ethyl adjacent to an activating group) is 1. The molecule has 3 nitrogen and oxygen atoms in total. The number of nitrogens with zero attached hydrogens (tertiary/aromatic N) is 2. The van der Waals surface area contributed by atoms with Crippen molar-refractivity contribution in [1.29, 1.82) is 0 Å². The van der Waals surface area contributed by atoms with Crippen LogP contribution in [0.3, 0.4) is 0 Å². The van der Waals surface area contributed by atoms with Crippen LogP contribution in [0.25, 0.3) is 0 Å². The van der Waals surface area contributed by atoms with Gasteiger partial charge in [-0.3, -0.25) is 0 Å². The van der Waals surface area contributed by atoms with Crippen LogP contribution < -0.4 is 10.6 Å². The number of nitrogens with two attached hydrogens (primary N) is 1. The third-order valence-electron chi connectivity index (χ3n) is 3.88. The van der Waals surface area contributed by atoms with Gasteiger partial charge in [-0.2, -0.15) is 0 Å². The van der Waals surface area contributed by atoms with Gasteiger partial charge in [-0.1, -0.05) is 6.92 Å². The molecule has 0 spiro atoms. The van der Waals surface area contributed by atoms with E-state index in [1.807, 2.05) is 6.07 Å². The van der Waals surface area contributed by atoms with Crippen LogP contribution >= 0.6 is 0 Å². The van der Waals surface area contributed by atoms with Crippen molar-refractivity contribution < 1.29 is 4.39 Å². The summed E-state index contributed by atoms with van der Waals surface area (Å²) < 4.78 is 13.7. The molecule has 1 aliphatic heterocycles. The van der Waals surface area contributed by atoms with Gasteiger partial charge in [0.15, 0.2) is 0 Å². The summed E-state index contributed by atoms with van der Waals surface area (Å²) in [5, 5.41) is 0. The maximum Gasteiger partial charge on any atom is 0.125 e. The summed E-state index contributed by atoms with van der Waals surface area (Å²) in [7, 11) is 2.16. The number of benzene rings is 1. The molecule has 1 heterocycles. The highest BCUT2D eigenvalue weighted by Gasteiger charge is 2.22. The van der Waals surface area contributed by atoms with Crippen molar-refractivity contribution in [3.63, 3.8) is 0 Å². The Morgan fingerprint density at radius 3 is 2.79 bits per heavy atom. The van der Waals surface area contributed by atoms with Crippen molar-refractivity contribution >= 4 is 5.69 Å². The Morgan fingerprint density at radius 2 is 2.11 bits per heavy atom. The van der Waals surface area contributed by atoms with E-state index in [1.54, 1.807) is 6.07 Å². The normalized spacial score (nSPS) is 21.5. The van der Waals surface area contributed by atoms with Crippen LogP contribution in [-0.2, 0) is 6.54 Å². The molecule has 1 fully saturated rings. The van der Waals surface area contributed by atoms with Gasteiger partial charge >= 0.3 is 0 Å². The summed E-state index contributed by atoms with van der Waals surface area (Å²) >= 11 is 0. The van der Waals surface area contributed by atoms with Gasteiger partial charge in [0.1, 0.15) is 5.82 Å². The molecule has 2 N–H and O–H groups in total. The van der Waals surface area contributed by atoms with Gasteiger partial charge in [0.25, 0.3) is 0 Å². The molecule has 1 aromatic rings. The first-order valence-electron chi connectivity index (χ1n) is 7.08. The van der Waals surface area contributed by atoms with E-state index < -0.39 is 0 Å². The van der Waals surface area contributed by atoms with E-state index in [4.69, 9.17) is 5.73 Å². The van der Waals surface area contributed by atoms with E-state index in [-0.39, 0.29) is 5.82 Å². The summed E-state index contributed by atoms with van der Waals surface area (Å²) in [6.45, 7) is 5.70. The van der Waals surface area contributed by atoms with Crippen LogP contribution in [-0.4, -0.2) is 37.6 Å². The minimum Gasteiger partial charge on any atom is -0.367 e. The lowest BCUT2D eigenvalue weighted by atomic mass is 10.1. The summed E-state index contributed by atoms with van der Waals surface area (Å²) in [6.07, 6.45) is 2.18. The molecule has 0 saturated carbocycles. The van der Waals surface area contributed by atoms with Gasteiger partial charge in [-0.15, -0.1) is 0 Å². The van der Waals surface area contributed by atoms with E-state index in [0.717, 1.165) is 43.7 Å². The van der Waals surface area contributed by atoms with Crippen molar-refractivity contribution in [3.8, 4) is 0 Å². The molecule has 2 rings (SSSR count). The second-order valence-electron chi connectivity index (χ2n) is 5.39. The Kier molecular flexibility index (Phi) is 4.77. The molecule has 1 aliphatic rings. The molecular formula is C15H24FN3. The summed E-state index contributed by atoms with van der Waals surface area (Å²) in [6, 6.07) is 5.62. The maximum absolute atomic E-state index is 13.7. The van der Waals surface area contributed by atoms with Gasteiger partial charge in [0.2, 0.25) is 0 Å². The number of hydrogen-bond donors (Lipinski definition) is 1. The third kappa shape index (κ3) is 3.45. The molecule has 106 valence electrons. The van der Waals surface area contributed by atoms with Crippen molar-refractivity contribution in [3.05, 3.63) is 29.6 Å². The standard InChI is InChI=1S/C15H24FN3/c1-3-14-11-18(2)5-4-6-19(14)15-8-12(10-17)7-13(16)9-15/h7-9,14H,3-6,10-11,17H2,1-2H3. The summed E-state index contributed by atoms with van der Waals surface area (Å²) in [4.78, 5) is 4.70. The molecule has 1 saturated heterocycles. The van der Waals surface area contributed by atoms with Crippen molar-refractivity contribution in [2.75, 3.05) is 31.6 Å². The average Bonchev–Trinajstić information content (AvgIpc) is 2.59. The van der Waals surface area contributed by atoms with Gasteiger partial charge in [0, 0.05) is 31.4 Å². The van der Waals surface area contributed by atoms with E-state index in [1.165, 1.54) is 6.07 Å². The fourth-order valence-electron chi connectivity index (χ4n) is 2.85. The van der Waals surface area contributed by atoms with Gasteiger partial charge < -0.3 is 15.5 Å². The summed E-state index contributed by atoms with van der Waals surface area (Å²) in [5.74, 6) is -0.189. The Bertz CT molecular complexity index is 422. The quantitative estimate of drug-likeness (QED) is 0.909. The lowest BCUT2D eigenvalue weighted by Gasteiger charge is -2.32. The number of rotatable bonds is 3.